The van der Waals surface area contributed by atoms with Crippen molar-refractivity contribution in [3.05, 3.63) is 35.4 Å². The zero-order valence-electron chi connectivity index (χ0n) is 11.4. The summed E-state index contributed by atoms with van der Waals surface area (Å²) >= 11 is 0. The first-order chi connectivity index (χ1) is 9.99. The van der Waals surface area contributed by atoms with E-state index >= 15 is 0 Å². The lowest BCUT2D eigenvalue weighted by atomic mass is 10.1. The van der Waals surface area contributed by atoms with Crippen molar-refractivity contribution in [2.24, 2.45) is 5.73 Å². The number of nitrogens with two attached hydrogens (primary N) is 1. The second-order valence-electron chi connectivity index (χ2n) is 4.91. The molecule has 0 aliphatic carbocycles. The smallest absolute Gasteiger partial charge is 0.326 e. The Morgan fingerprint density at radius 2 is 1.95 bits per heavy atom. The highest BCUT2D eigenvalue weighted by Gasteiger charge is 2.34. The van der Waals surface area contributed by atoms with E-state index in [0.717, 1.165) is 5.56 Å². The molecule has 21 heavy (non-hydrogen) atoms. The highest BCUT2D eigenvalue weighted by atomic mass is 16.4. The number of urea groups is 1. The molecule has 1 heterocycles. The fraction of sp³-hybridized carbons (Fsp3) is 0.357. The molecule has 1 fully saturated rings. The van der Waals surface area contributed by atoms with Crippen LogP contribution in [-0.4, -0.2) is 40.5 Å². The second-order valence-corrected chi connectivity index (χ2v) is 4.91. The number of benzene rings is 1. The van der Waals surface area contributed by atoms with Crippen LogP contribution in [0.25, 0.3) is 0 Å². The Hall–Kier alpha value is -2.57. The van der Waals surface area contributed by atoms with Crippen molar-refractivity contribution in [3.63, 3.8) is 0 Å². The summed E-state index contributed by atoms with van der Waals surface area (Å²) in [5, 5.41) is 11.6. The van der Waals surface area contributed by atoms with Gasteiger partial charge in [0.15, 0.2) is 0 Å². The zero-order valence-corrected chi connectivity index (χ0v) is 11.4. The molecule has 112 valence electrons. The molecule has 0 saturated carbocycles. The maximum Gasteiger partial charge on any atom is 0.326 e. The molecule has 1 saturated heterocycles. The van der Waals surface area contributed by atoms with Gasteiger partial charge in [0, 0.05) is 18.7 Å². The fourth-order valence-electron chi connectivity index (χ4n) is 2.39. The van der Waals surface area contributed by atoms with E-state index in [4.69, 9.17) is 10.8 Å². The number of nitrogens with zero attached hydrogens (tertiary/aromatic N) is 1. The highest BCUT2D eigenvalue weighted by molar-refractivity contribution is 5.97. The van der Waals surface area contributed by atoms with Crippen LogP contribution in [-0.2, 0) is 11.3 Å². The number of amides is 3. The molecule has 0 radical (unpaired) electrons. The number of carboxylic acids is 1. The first kappa shape index (κ1) is 14.8. The number of nitrogens with one attached hydrogen (secondary N) is 1. The van der Waals surface area contributed by atoms with Crippen LogP contribution < -0.4 is 11.1 Å². The van der Waals surface area contributed by atoms with Crippen LogP contribution in [0.5, 0.6) is 0 Å². The Morgan fingerprint density at radius 3 is 2.52 bits per heavy atom. The normalized spacial score (nSPS) is 17.5. The van der Waals surface area contributed by atoms with E-state index in [1.54, 1.807) is 24.3 Å². The summed E-state index contributed by atoms with van der Waals surface area (Å²) in [5.74, 6) is -1.25. The average Bonchev–Trinajstić information content (AvgIpc) is 2.94. The number of hydrogen-bond donors (Lipinski definition) is 3. The van der Waals surface area contributed by atoms with E-state index < -0.39 is 18.0 Å². The molecule has 0 bridgehead atoms. The third-order valence-electron chi connectivity index (χ3n) is 3.47. The Morgan fingerprint density at radius 1 is 1.29 bits per heavy atom. The molecule has 0 aromatic heterocycles. The second kappa shape index (κ2) is 6.25. The van der Waals surface area contributed by atoms with Gasteiger partial charge in [0.05, 0.1) is 0 Å². The third-order valence-corrected chi connectivity index (χ3v) is 3.47. The summed E-state index contributed by atoms with van der Waals surface area (Å²) in [4.78, 5) is 35.4. The Bertz CT molecular complexity index is 556. The molecule has 7 nitrogen and oxygen atoms in total. The van der Waals surface area contributed by atoms with Crippen LogP contribution in [0.1, 0.15) is 28.8 Å². The van der Waals surface area contributed by atoms with E-state index in [1.807, 2.05) is 0 Å². The molecule has 1 atom stereocenters. The number of rotatable bonds is 4. The predicted octanol–water partition coefficient (Wildman–Crippen LogP) is 0.544. The minimum absolute atomic E-state index is 0.283. The quantitative estimate of drug-likeness (QED) is 0.751. The highest BCUT2D eigenvalue weighted by Crippen LogP contribution is 2.20. The Labute approximate surface area is 121 Å². The van der Waals surface area contributed by atoms with Gasteiger partial charge in [0.1, 0.15) is 6.04 Å². The van der Waals surface area contributed by atoms with Crippen LogP contribution in [0.2, 0.25) is 0 Å². The number of primary amides is 1. The van der Waals surface area contributed by atoms with Crippen molar-refractivity contribution in [3.8, 4) is 0 Å². The predicted molar refractivity (Wildman–Crippen MR) is 74.6 cm³/mol. The van der Waals surface area contributed by atoms with Gasteiger partial charge in [-0.15, -0.1) is 0 Å². The molecule has 3 amide bonds. The molecule has 1 unspecified atom stereocenters. The minimum Gasteiger partial charge on any atom is -0.480 e. The van der Waals surface area contributed by atoms with Gasteiger partial charge >= 0.3 is 12.0 Å². The number of carbonyl (C=O) groups excluding carboxylic acids is 2. The van der Waals surface area contributed by atoms with E-state index in [-0.39, 0.29) is 12.5 Å². The van der Waals surface area contributed by atoms with Crippen molar-refractivity contribution in [1.29, 1.82) is 0 Å². The topological polar surface area (TPSA) is 113 Å². The van der Waals surface area contributed by atoms with Gasteiger partial charge in [-0.3, -0.25) is 4.79 Å². The third kappa shape index (κ3) is 3.50. The maximum absolute atomic E-state index is 12.3. The van der Waals surface area contributed by atoms with Crippen LogP contribution in [0.15, 0.2) is 24.3 Å². The molecule has 2 rings (SSSR count). The van der Waals surface area contributed by atoms with Crippen molar-refractivity contribution in [2.45, 2.75) is 25.4 Å². The van der Waals surface area contributed by atoms with Gasteiger partial charge in [0.25, 0.3) is 5.91 Å². The molecule has 0 spiro atoms. The van der Waals surface area contributed by atoms with Crippen molar-refractivity contribution < 1.29 is 19.5 Å². The summed E-state index contributed by atoms with van der Waals surface area (Å²) in [5.41, 5.74) is 6.22. The van der Waals surface area contributed by atoms with Crippen molar-refractivity contribution in [1.82, 2.24) is 10.2 Å². The van der Waals surface area contributed by atoms with Crippen LogP contribution in [0.3, 0.4) is 0 Å². The van der Waals surface area contributed by atoms with E-state index in [0.29, 0.717) is 24.9 Å². The number of carbonyl (C=O) groups is 3. The number of aliphatic carboxylic acids is 1. The summed E-state index contributed by atoms with van der Waals surface area (Å²) in [6.07, 6.45) is 1.19. The number of hydrogen-bond acceptors (Lipinski definition) is 3. The van der Waals surface area contributed by atoms with Crippen molar-refractivity contribution in [2.75, 3.05) is 6.54 Å². The van der Waals surface area contributed by atoms with Crippen molar-refractivity contribution >= 4 is 17.9 Å². The van der Waals surface area contributed by atoms with Crippen LogP contribution >= 0.6 is 0 Å². The lowest BCUT2D eigenvalue weighted by molar-refractivity contribution is -0.141. The molecule has 1 aliphatic rings. The van der Waals surface area contributed by atoms with Gasteiger partial charge < -0.3 is 21.1 Å². The van der Waals surface area contributed by atoms with Gasteiger partial charge in [-0.1, -0.05) is 12.1 Å². The zero-order chi connectivity index (χ0) is 15.4. The Kier molecular flexibility index (Phi) is 4.42. The van der Waals surface area contributed by atoms with Crippen LogP contribution in [0.4, 0.5) is 4.79 Å². The first-order valence-electron chi connectivity index (χ1n) is 6.65. The lowest BCUT2D eigenvalue weighted by Gasteiger charge is -2.21. The lowest BCUT2D eigenvalue weighted by Crippen LogP contribution is -2.40. The summed E-state index contributed by atoms with van der Waals surface area (Å²) in [6, 6.07) is 5.30. The molecule has 1 aromatic rings. The SMILES string of the molecule is NC(=O)NCc1ccc(C(=O)N2CCCC2C(=O)O)cc1. The van der Waals surface area contributed by atoms with Crippen LogP contribution in [0, 0.1) is 0 Å². The summed E-state index contributed by atoms with van der Waals surface area (Å²) in [6.45, 7) is 0.742. The van der Waals surface area contributed by atoms with Gasteiger partial charge in [-0.2, -0.15) is 0 Å². The molecule has 4 N–H and O–H groups in total. The van der Waals surface area contributed by atoms with E-state index in [9.17, 15) is 14.4 Å². The molecular weight excluding hydrogens is 274 g/mol. The summed E-state index contributed by atoms with van der Waals surface area (Å²) in [7, 11) is 0. The Balaban J connectivity index is 2.06. The summed E-state index contributed by atoms with van der Waals surface area (Å²) < 4.78 is 0. The monoisotopic (exact) mass is 291 g/mol. The fourth-order valence-corrected chi connectivity index (χ4v) is 2.39. The van der Waals surface area contributed by atoms with E-state index in [2.05, 4.69) is 5.32 Å². The first-order valence-corrected chi connectivity index (χ1v) is 6.65. The standard InChI is InChI=1S/C14H17N3O4/c15-14(21)16-8-9-3-5-10(6-4-9)12(18)17-7-1-2-11(17)13(19)20/h3-6,11H,1-2,7-8H2,(H,19,20)(H3,15,16,21). The van der Waals surface area contributed by atoms with Gasteiger partial charge in [-0.05, 0) is 30.5 Å². The molecule has 1 aromatic carbocycles. The largest absolute Gasteiger partial charge is 0.480 e. The number of carboxylic acid groups (broad SMARTS) is 1. The van der Waals surface area contributed by atoms with Gasteiger partial charge in [-0.25, -0.2) is 9.59 Å². The molecular formula is C14H17N3O4. The number of likely N-dealkylation sites (tertiary alicyclic amines) is 1. The van der Waals surface area contributed by atoms with E-state index in [1.165, 1.54) is 4.90 Å². The molecule has 1 aliphatic heterocycles. The van der Waals surface area contributed by atoms with Gasteiger partial charge in [0.2, 0.25) is 0 Å². The molecule has 7 heteroatoms. The maximum atomic E-state index is 12.3. The minimum atomic E-state index is -0.969. The average molecular weight is 291 g/mol.